The largest absolute Gasteiger partial charge is 0.0622 e. The van der Waals surface area contributed by atoms with E-state index in [0.29, 0.717) is 0 Å². The van der Waals surface area contributed by atoms with Gasteiger partial charge in [0.05, 0.1) is 0 Å². The van der Waals surface area contributed by atoms with E-state index in [1.807, 2.05) is 0 Å². The van der Waals surface area contributed by atoms with Crippen LogP contribution in [-0.2, 0) is 0 Å². The van der Waals surface area contributed by atoms with Crippen LogP contribution in [-0.4, -0.2) is 0 Å². The first kappa shape index (κ1) is 16.5. The summed E-state index contributed by atoms with van der Waals surface area (Å²) in [5, 5.41) is 5.10. The van der Waals surface area contributed by atoms with Crippen LogP contribution in [0.15, 0.2) is 109 Å². The summed E-state index contributed by atoms with van der Waals surface area (Å²) in [5.41, 5.74) is 4.96. The second kappa shape index (κ2) is 7.17. The van der Waals surface area contributed by atoms with E-state index >= 15 is 0 Å². The highest BCUT2D eigenvalue weighted by Crippen LogP contribution is 2.29. The summed E-state index contributed by atoms with van der Waals surface area (Å²) < 4.78 is 0. The summed E-state index contributed by atoms with van der Waals surface area (Å²) >= 11 is 0. The maximum absolute atomic E-state index is 2.29. The summed E-state index contributed by atoms with van der Waals surface area (Å²) in [6.45, 7) is 0. The molecular formula is C28H20. The molecule has 28 heavy (non-hydrogen) atoms. The fourth-order valence-corrected chi connectivity index (χ4v) is 3.77. The summed E-state index contributed by atoms with van der Waals surface area (Å²) in [6.07, 6.45) is 4.39. The Morgan fingerprint density at radius 1 is 0.429 bits per heavy atom. The van der Waals surface area contributed by atoms with Gasteiger partial charge in [0.2, 0.25) is 0 Å². The zero-order valence-electron chi connectivity index (χ0n) is 15.5. The molecule has 5 aromatic rings. The molecule has 0 radical (unpaired) electrons. The number of fused-ring (bicyclic) bond motifs is 2. The van der Waals surface area contributed by atoms with E-state index in [1.54, 1.807) is 0 Å². The smallest absolute Gasteiger partial charge is 0.00995 e. The first-order valence-corrected chi connectivity index (χ1v) is 9.62. The molecule has 0 spiro atoms. The van der Waals surface area contributed by atoms with Crippen molar-refractivity contribution in [1.82, 2.24) is 0 Å². The lowest BCUT2D eigenvalue weighted by Crippen LogP contribution is -1.82. The van der Waals surface area contributed by atoms with Crippen LogP contribution in [0.25, 0.3) is 44.8 Å². The van der Waals surface area contributed by atoms with Crippen molar-refractivity contribution in [3.05, 3.63) is 120 Å². The molecule has 0 saturated heterocycles. The highest BCUT2D eigenvalue weighted by atomic mass is 14.1. The molecule has 5 rings (SSSR count). The SMILES string of the molecule is C(=C/c1ccc2cccc(-c3ccccc3)c2c1)/c1ccc2ccccc2c1. The lowest BCUT2D eigenvalue weighted by molar-refractivity contribution is 1.64. The van der Waals surface area contributed by atoms with Gasteiger partial charge in [0.25, 0.3) is 0 Å². The molecule has 0 aromatic heterocycles. The lowest BCUT2D eigenvalue weighted by Gasteiger charge is -2.08. The highest BCUT2D eigenvalue weighted by molar-refractivity contribution is 5.98. The first-order chi connectivity index (χ1) is 13.9. The van der Waals surface area contributed by atoms with Gasteiger partial charge in [-0.25, -0.2) is 0 Å². The third kappa shape index (κ3) is 3.21. The fraction of sp³-hybridized carbons (Fsp3) is 0. The van der Waals surface area contributed by atoms with E-state index in [4.69, 9.17) is 0 Å². The highest BCUT2D eigenvalue weighted by Gasteiger charge is 2.03. The molecule has 5 aromatic carbocycles. The lowest BCUT2D eigenvalue weighted by atomic mass is 9.96. The Labute approximate surface area is 165 Å². The standard InChI is InChI=1S/C28H20/c1-2-8-24(9-3-1)27-12-6-11-25-18-16-22(20-28(25)27)14-13-21-15-17-23-7-4-5-10-26(23)19-21/h1-20H/b14-13-. The Balaban J connectivity index is 1.54. The molecule has 0 amide bonds. The quantitative estimate of drug-likeness (QED) is 0.289. The van der Waals surface area contributed by atoms with Crippen LogP contribution < -0.4 is 0 Å². The molecule has 0 saturated carbocycles. The van der Waals surface area contributed by atoms with E-state index in [2.05, 4.69) is 121 Å². The van der Waals surface area contributed by atoms with Crippen molar-refractivity contribution < 1.29 is 0 Å². The maximum atomic E-state index is 2.29. The van der Waals surface area contributed by atoms with Crippen molar-refractivity contribution in [2.75, 3.05) is 0 Å². The Hall–Kier alpha value is -3.64. The van der Waals surface area contributed by atoms with Crippen LogP contribution in [0, 0.1) is 0 Å². The summed E-state index contributed by atoms with van der Waals surface area (Å²) in [4.78, 5) is 0. The third-order valence-corrected chi connectivity index (χ3v) is 5.23. The Morgan fingerprint density at radius 3 is 1.89 bits per heavy atom. The van der Waals surface area contributed by atoms with E-state index in [1.165, 1.54) is 43.8 Å². The second-order valence-electron chi connectivity index (χ2n) is 7.09. The summed E-state index contributed by atoms with van der Waals surface area (Å²) in [6, 6.07) is 38.9. The molecule has 0 nitrogen and oxygen atoms in total. The third-order valence-electron chi connectivity index (χ3n) is 5.23. The van der Waals surface area contributed by atoms with Crippen molar-refractivity contribution in [3.63, 3.8) is 0 Å². The van der Waals surface area contributed by atoms with Crippen molar-refractivity contribution in [2.24, 2.45) is 0 Å². The molecule has 0 fully saturated rings. The van der Waals surface area contributed by atoms with Gasteiger partial charge in [-0.2, -0.15) is 0 Å². The van der Waals surface area contributed by atoms with Gasteiger partial charge in [0.1, 0.15) is 0 Å². The van der Waals surface area contributed by atoms with Crippen LogP contribution in [0.4, 0.5) is 0 Å². The molecular weight excluding hydrogens is 336 g/mol. The van der Waals surface area contributed by atoms with Crippen molar-refractivity contribution in [2.45, 2.75) is 0 Å². The zero-order chi connectivity index (χ0) is 18.8. The molecule has 0 atom stereocenters. The van der Waals surface area contributed by atoms with Gasteiger partial charge in [-0.3, -0.25) is 0 Å². The molecule has 0 aliphatic rings. The van der Waals surface area contributed by atoms with Crippen LogP contribution in [0.5, 0.6) is 0 Å². The van der Waals surface area contributed by atoms with Gasteiger partial charge in [-0.1, -0.05) is 109 Å². The van der Waals surface area contributed by atoms with E-state index in [0.717, 1.165) is 0 Å². The molecule has 0 aliphatic carbocycles. The van der Waals surface area contributed by atoms with Gasteiger partial charge in [-0.05, 0) is 55.9 Å². The number of hydrogen-bond acceptors (Lipinski definition) is 0. The Bertz CT molecular complexity index is 1290. The zero-order valence-corrected chi connectivity index (χ0v) is 15.5. The van der Waals surface area contributed by atoms with E-state index in [-0.39, 0.29) is 0 Å². The minimum absolute atomic E-state index is 1.21. The molecule has 0 heterocycles. The van der Waals surface area contributed by atoms with Crippen LogP contribution in [0.3, 0.4) is 0 Å². The average molecular weight is 356 g/mol. The normalized spacial score (nSPS) is 11.4. The molecule has 0 N–H and O–H groups in total. The molecule has 0 bridgehead atoms. The van der Waals surface area contributed by atoms with Crippen molar-refractivity contribution >= 4 is 33.7 Å². The average Bonchev–Trinajstić information content (AvgIpc) is 2.77. The number of hydrogen-bond donors (Lipinski definition) is 0. The predicted octanol–water partition coefficient (Wildman–Crippen LogP) is 7.83. The Kier molecular flexibility index (Phi) is 4.23. The fourth-order valence-electron chi connectivity index (χ4n) is 3.77. The topological polar surface area (TPSA) is 0 Å². The maximum Gasteiger partial charge on any atom is -0.00995 e. The Morgan fingerprint density at radius 2 is 1.07 bits per heavy atom. The summed E-state index contributed by atoms with van der Waals surface area (Å²) in [7, 11) is 0. The van der Waals surface area contributed by atoms with Gasteiger partial charge < -0.3 is 0 Å². The van der Waals surface area contributed by atoms with Crippen molar-refractivity contribution in [3.8, 4) is 11.1 Å². The number of rotatable bonds is 3. The minimum atomic E-state index is 1.21. The predicted molar refractivity (Wildman–Crippen MR) is 122 cm³/mol. The van der Waals surface area contributed by atoms with Gasteiger partial charge in [0.15, 0.2) is 0 Å². The van der Waals surface area contributed by atoms with Crippen LogP contribution >= 0.6 is 0 Å². The molecule has 0 unspecified atom stereocenters. The summed E-state index contributed by atoms with van der Waals surface area (Å²) in [5.74, 6) is 0. The number of benzene rings is 5. The van der Waals surface area contributed by atoms with Gasteiger partial charge >= 0.3 is 0 Å². The van der Waals surface area contributed by atoms with Gasteiger partial charge in [-0.15, -0.1) is 0 Å². The molecule has 0 aliphatic heterocycles. The van der Waals surface area contributed by atoms with Gasteiger partial charge in [0, 0.05) is 0 Å². The van der Waals surface area contributed by atoms with E-state index in [9.17, 15) is 0 Å². The monoisotopic (exact) mass is 356 g/mol. The minimum Gasteiger partial charge on any atom is -0.0622 e. The van der Waals surface area contributed by atoms with Crippen molar-refractivity contribution in [1.29, 1.82) is 0 Å². The van der Waals surface area contributed by atoms with E-state index < -0.39 is 0 Å². The first-order valence-electron chi connectivity index (χ1n) is 9.62. The van der Waals surface area contributed by atoms with Crippen LogP contribution in [0.2, 0.25) is 0 Å². The molecule has 0 heteroatoms. The second-order valence-corrected chi connectivity index (χ2v) is 7.09. The molecule has 132 valence electrons. The van der Waals surface area contributed by atoms with Crippen LogP contribution in [0.1, 0.15) is 11.1 Å².